The molecule has 0 bridgehead atoms. The normalized spacial score (nSPS) is 10.9. The second-order valence-electron chi connectivity index (χ2n) is 7.24. The molecular formula is C28H19I. The maximum Gasteiger partial charge on any atom is 0.0136 e. The summed E-state index contributed by atoms with van der Waals surface area (Å²) in [5.41, 5.74) is 7.45. The molecule has 0 nitrogen and oxygen atoms in total. The maximum atomic E-state index is 2.38. The van der Waals surface area contributed by atoms with Gasteiger partial charge in [0.05, 0.1) is 0 Å². The molecule has 0 fully saturated rings. The molecule has 0 saturated heterocycles. The predicted octanol–water partition coefficient (Wildman–Crippen LogP) is 8.45. The fourth-order valence-corrected chi connectivity index (χ4v) is 4.34. The van der Waals surface area contributed by atoms with E-state index < -0.39 is 0 Å². The molecule has 0 aliphatic heterocycles. The van der Waals surface area contributed by atoms with Gasteiger partial charge in [0.1, 0.15) is 0 Å². The quantitative estimate of drug-likeness (QED) is 0.226. The van der Waals surface area contributed by atoms with E-state index in [1.54, 1.807) is 0 Å². The summed E-state index contributed by atoms with van der Waals surface area (Å²) < 4.78 is 1.25. The summed E-state index contributed by atoms with van der Waals surface area (Å²) >= 11 is 2.38. The van der Waals surface area contributed by atoms with Crippen LogP contribution in [-0.2, 0) is 0 Å². The minimum Gasteiger partial charge on any atom is -0.0622 e. The molecular weight excluding hydrogens is 463 g/mol. The van der Waals surface area contributed by atoms with Gasteiger partial charge in [-0.15, -0.1) is 0 Å². The molecule has 0 aromatic heterocycles. The van der Waals surface area contributed by atoms with Crippen LogP contribution in [0.5, 0.6) is 0 Å². The van der Waals surface area contributed by atoms with Crippen molar-refractivity contribution in [1.82, 2.24) is 0 Å². The maximum absolute atomic E-state index is 2.38. The number of hydrogen-bond donors (Lipinski definition) is 0. The van der Waals surface area contributed by atoms with E-state index in [9.17, 15) is 0 Å². The van der Waals surface area contributed by atoms with Crippen LogP contribution in [0, 0.1) is 3.57 Å². The number of benzene rings is 5. The summed E-state index contributed by atoms with van der Waals surface area (Å²) in [5.74, 6) is 0. The Bertz CT molecular complexity index is 1300. The molecule has 138 valence electrons. The van der Waals surface area contributed by atoms with Crippen molar-refractivity contribution in [1.29, 1.82) is 0 Å². The Labute approximate surface area is 185 Å². The van der Waals surface area contributed by atoms with E-state index in [1.807, 2.05) is 0 Å². The van der Waals surface area contributed by atoms with E-state index in [4.69, 9.17) is 0 Å². The molecule has 0 radical (unpaired) electrons. The fourth-order valence-electron chi connectivity index (χ4n) is 3.80. The summed E-state index contributed by atoms with van der Waals surface area (Å²) in [6.07, 6.45) is 0. The zero-order chi connectivity index (χ0) is 19.6. The van der Waals surface area contributed by atoms with Crippen LogP contribution < -0.4 is 0 Å². The molecule has 0 atom stereocenters. The lowest BCUT2D eigenvalue weighted by Gasteiger charge is -2.12. The highest BCUT2D eigenvalue weighted by molar-refractivity contribution is 14.1. The van der Waals surface area contributed by atoms with Gasteiger partial charge in [-0.25, -0.2) is 0 Å². The van der Waals surface area contributed by atoms with Crippen LogP contribution in [0.15, 0.2) is 115 Å². The first-order valence-electron chi connectivity index (χ1n) is 9.72. The summed E-state index contributed by atoms with van der Waals surface area (Å²) in [5, 5.41) is 2.54. The van der Waals surface area contributed by atoms with Gasteiger partial charge in [-0.05, 0) is 103 Å². The average Bonchev–Trinajstić information content (AvgIpc) is 2.79. The zero-order valence-electron chi connectivity index (χ0n) is 15.8. The molecule has 1 heteroatoms. The summed E-state index contributed by atoms with van der Waals surface area (Å²) in [6, 6.07) is 41.5. The van der Waals surface area contributed by atoms with E-state index in [1.165, 1.54) is 47.7 Å². The highest BCUT2D eigenvalue weighted by Gasteiger charge is 2.08. The van der Waals surface area contributed by atoms with E-state index in [0.29, 0.717) is 0 Å². The molecule has 0 aliphatic carbocycles. The van der Waals surface area contributed by atoms with Crippen LogP contribution in [-0.4, -0.2) is 0 Å². The molecule has 0 heterocycles. The SMILES string of the molecule is Ic1cccc(-c2cc(-c3ccccc3)cc(-c3ccc4ccccc4c3)c2)c1. The van der Waals surface area contributed by atoms with Crippen LogP contribution in [0.25, 0.3) is 44.2 Å². The van der Waals surface area contributed by atoms with Crippen LogP contribution in [0.4, 0.5) is 0 Å². The van der Waals surface area contributed by atoms with Gasteiger partial charge in [-0.1, -0.05) is 78.9 Å². The van der Waals surface area contributed by atoms with E-state index >= 15 is 0 Å². The number of rotatable bonds is 3. The summed E-state index contributed by atoms with van der Waals surface area (Å²) in [7, 11) is 0. The Morgan fingerprint density at radius 1 is 0.345 bits per heavy atom. The van der Waals surface area contributed by atoms with Crippen LogP contribution in [0.3, 0.4) is 0 Å². The highest BCUT2D eigenvalue weighted by Crippen LogP contribution is 2.34. The van der Waals surface area contributed by atoms with Crippen LogP contribution in [0.2, 0.25) is 0 Å². The Kier molecular flexibility index (Phi) is 4.91. The Hall–Kier alpha value is -2.91. The second kappa shape index (κ2) is 7.84. The molecule has 0 unspecified atom stereocenters. The lowest BCUT2D eigenvalue weighted by Crippen LogP contribution is -1.87. The van der Waals surface area contributed by atoms with Gasteiger partial charge in [0.25, 0.3) is 0 Å². The van der Waals surface area contributed by atoms with E-state index in [2.05, 4.69) is 138 Å². The fraction of sp³-hybridized carbons (Fsp3) is 0. The van der Waals surface area contributed by atoms with Crippen molar-refractivity contribution in [2.24, 2.45) is 0 Å². The van der Waals surface area contributed by atoms with Crippen molar-refractivity contribution in [3.8, 4) is 33.4 Å². The third kappa shape index (κ3) is 3.83. The van der Waals surface area contributed by atoms with Gasteiger partial charge < -0.3 is 0 Å². The highest BCUT2D eigenvalue weighted by atomic mass is 127. The number of halogens is 1. The zero-order valence-corrected chi connectivity index (χ0v) is 18.0. The van der Waals surface area contributed by atoms with Crippen molar-refractivity contribution in [2.75, 3.05) is 0 Å². The Balaban J connectivity index is 1.72. The van der Waals surface area contributed by atoms with Gasteiger partial charge in [-0.3, -0.25) is 0 Å². The van der Waals surface area contributed by atoms with Crippen molar-refractivity contribution in [2.45, 2.75) is 0 Å². The minimum atomic E-state index is 1.24. The molecule has 29 heavy (non-hydrogen) atoms. The van der Waals surface area contributed by atoms with Crippen molar-refractivity contribution in [3.05, 3.63) is 119 Å². The molecule has 0 amide bonds. The molecule has 5 aromatic rings. The van der Waals surface area contributed by atoms with Gasteiger partial charge in [0.2, 0.25) is 0 Å². The topological polar surface area (TPSA) is 0 Å². The number of hydrogen-bond acceptors (Lipinski definition) is 0. The molecule has 5 aromatic carbocycles. The van der Waals surface area contributed by atoms with Crippen molar-refractivity contribution >= 4 is 33.4 Å². The molecule has 5 rings (SSSR count). The Morgan fingerprint density at radius 2 is 0.931 bits per heavy atom. The number of fused-ring (bicyclic) bond motifs is 1. The van der Waals surface area contributed by atoms with Gasteiger partial charge in [0, 0.05) is 3.57 Å². The standard InChI is InChI=1S/C28H19I/c29-28-12-6-11-23(19-28)26-16-25(20-7-2-1-3-8-20)17-27(18-26)24-14-13-21-9-4-5-10-22(21)15-24/h1-19H. The van der Waals surface area contributed by atoms with Gasteiger partial charge in [-0.2, -0.15) is 0 Å². The van der Waals surface area contributed by atoms with Crippen LogP contribution in [0.1, 0.15) is 0 Å². The van der Waals surface area contributed by atoms with E-state index in [0.717, 1.165) is 0 Å². The first-order valence-corrected chi connectivity index (χ1v) is 10.8. The lowest BCUT2D eigenvalue weighted by atomic mass is 9.92. The third-order valence-electron chi connectivity index (χ3n) is 5.28. The van der Waals surface area contributed by atoms with Crippen LogP contribution >= 0.6 is 22.6 Å². The predicted molar refractivity (Wildman–Crippen MR) is 133 cm³/mol. The molecule has 0 N–H and O–H groups in total. The molecule has 0 aliphatic rings. The lowest BCUT2D eigenvalue weighted by molar-refractivity contribution is 1.56. The summed E-state index contributed by atoms with van der Waals surface area (Å²) in [6.45, 7) is 0. The smallest absolute Gasteiger partial charge is 0.0136 e. The second-order valence-corrected chi connectivity index (χ2v) is 8.48. The Morgan fingerprint density at radius 3 is 1.66 bits per heavy atom. The first kappa shape index (κ1) is 18.1. The van der Waals surface area contributed by atoms with Gasteiger partial charge in [0.15, 0.2) is 0 Å². The molecule has 0 saturated carbocycles. The third-order valence-corrected chi connectivity index (χ3v) is 5.95. The van der Waals surface area contributed by atoms with Gasteiger partial charge >= 0.3 is 0 Å². The molecule has 0 spiro atoms. The van der Waals surface area contributed by atoms with E-state index in [-0.39, 0.29) is 0 Å². The summed E-state index contributed by atoms with van der Waals surface area (Å²) in [4.78, 5) is 0. The average molecular weight is 482 g/mol. The van der Waals surface area contributed by atoms with Crippen molar-refractivity contribution < 1.29 is 0 Å². The first-order chi connectivity index (χ1) is 14.3. The van der Waals surface area contributed by atoms with Crippen molar-refractivity contribution in [3.63, 3.8) is 0 Å². The largest absolute Gasteiger partial charge is 0.0622 e. The minimum absolute atomic E-state index is 1.24. The monoisotopic (exact) mass is 482 g/mol.